The first-order valence-electron chi connectivity index (χ1n) is 15.0. The average molecular weight is 573 g/mol. The first-order chi connectivity index (χ1) is 18.9. The third kappa shape index (κ3) is 8.13. The lowest BCUT2D eigenvalue weighted by Crippen LogP contribution is -2.49. The van der Waals surface area contributed by atoms with Gasteiger partial charge in [-0.15, -0.1) is 0 Å². The van der Waals surface area contributed by atoms with Crippen molar-refractivity contribution >= 4 is 35.1 Å². The van der Waals surface area contributed by atoms with Gasteiger partial charge in [-0.2, -0.15) is 0 Å². The average Bonchev–Trinajstić information content (AvgIpc) is 3.13. The van der Waals surface area contributed by atoms with Crippen LogP contribution < -0.4 is 5.73 Å². The first-order valence-corrected chi connectivity index (χ1v) is 15.0. The minimum Gasteiger partial charge on any atom is -0.460 e. The van der Waals surface area contributed by atoms with E-state index in [1.807, 2.05) is 13.8 Å². The quantitative estimate of drug-likeness (QED) is 0.189. The Morgan fingerprint density at radius 1 is 1.02 bits per heavy atom. The molecule has 228 valence electrons. The number of carbonyl (C=O) groups is 6. The van der Waals surface area contributed by atoms with Gasteiger partial charge in [0.05, 0.1) is 12.5 Å². The molecule has 5 atom stereocenters. The fraction of sp³-hybridized carbons (Fsp3) is 0.750. The third-order valence-corrected chi connectivity index (χ3v) is 9.10. The number of hydrogen-bond donors (Lipinski definition) is 1. The van der Waals surface area contributed by atoms with E-state index in [0.717, 1.165) is 24.8 Å². The lowest BCUT2D eigenvalue weighted by atomic mass is 9.76. The number of esters is 1. The summed E-state index contributed by atoms with van der Waals surface area (Å²) in [5, 5.41) is 0. The van der Waals surface area contributed by atoms with Crippen LogP contribution in [0, 0.1) is 35.0 Å². The second-order valence-electron chi connectivity index (χ2n) is 14.2. The summed E-state index contributed by atoms with van der Waals surface area (Å²) in [6.45, 7) is 13.4. The van der Waals surface area contributed by atoms with Crippen molar-refractivity contribution in [2.24, 2.45) is 40.7 Å². The number of ketones is 3. The van der Waals surface area contributed by atoms with Crippen LogP contribution in [0.1, 0.15) is 99.8 Å². The van der Waals surface area contributed by atoms with Crippen LogP contribution in [0.25, 0.3) is 0 Å². The normalized spacial score (nSPS) is 24.4. The maximum absolute atomic E-state index is 14.0. The number of primary amides is 1. The summed E-state index contributed by atoms with van der Waals surface area (Å²) in [4.78, 5) is 79.2. The standard InChI is InChI=1S/C32H48N2O7/c1-18(2)13-22(35)12-11-20(16-25(37)41-31(3,4)5)30(40)34-17-23-26(32(23,6)7)27(34)24(36)15-21(28(38)29(33)39)14-19-9-8-10-19/h13,19-21,23,26-27H,8-12,14-17H2,1-7H3,(H2,33,39)/t20-,21?,23+,26+,27-/m1/s1. The highest BCUT2D eigenvalue weighted by Crippen LogP contribution is 2.65. The smallest absolute Gasteiger partial charge is 0.307 e. The molecule has 3 aliphatic rings. The highest BCUT2D eigenvalue weighted by Gasteiger charge is 2.69. The summed E-state index contributed by atoms with van der Waals surface area (Å²) in [7, 11) is 0. The number of hydrogen-bond acceptors (Lipinski definition) is 7. The van der Waals surface area contributed by atoms with E-state index in [-0.39, 0.29) is 60.4 Å². The Bertz CT molecular complexity index is 1110. The summed E-state index contributed by atoms with van der Waals surface area (Å²) < 4.78 is 5.49. The molecule has 41 heavy (non-hydrogen) atoms. The number of Topliss-reactive ketones (excluding diaryl/α,β-unsaturated/α-hetero) is 2. The molecule has 0 bridgehead atoms. The van der Waals surface area contributed by atoms with Crippen molar-refractivity contribution < 1.29 is 33.5 Å². The van der Waals surface area contributed by atoms with E-state index in [0.29, 0.717) is 18.9 Å². The molecule has 1 aliphatic heterocycles. The zero-order valence-electron chi connectivity index (χ0n) is 25.8. The van der Waals surface area contributed by atoms with Crippen LogP contribution in [0.15, 0.2) is 11.6 Å². The van der Waals surface area contributed by atoms with Gasteiger partial charge in [-0.1, -0.05) is 38.7 Å². The summed E-state index contributed by atoms with van der Waals surface area (Å²) in [6.07, 6.45) is 4.86. The zero-order chi connectivity index (χ0) is 30.9. The Morgan fingerprint density at radius 2 is 1.66 bits per heavy atom. The number of fused-ring (bicyclic) bond motifs is 1. The van der Waals surface area contributed by atoms with Gasteiger partial charge >= 0.3 is 5.97 Å². The predicted octanol–water partition coefficient (Wildman–Crippen LogP) is 3.95. The summed E-state index contributed by atoms with van der Waals surface area (Å²) in [5.41, 5.74) is 5.30. The largest absolute Gasteiger partial charge is 0.460 e. The number of carbonyl (C=O) groups excluding carboxylic acids is 6. The van der Waals surface area contributed by atoms with Crippen LogP contribution in [-0.4, -0.2) is 58.2 Å². The van der Waals surface area contributed by atoms with Gasteiger partial charge in [0.1, 0.15) is 5.60 Å². The molecule has 3 fully saturated rings. The van der Waals surface area contributed by atoms with Crippen LogP contribution in [0.3, 0.4) is 0 Å². The van der Waals surface area contributed by atoms with E-state index in [9.17, 15) is 28.8 Å². The summed E-state index contributed by atoms with van der Waals surface area (Å²) in [6, 6.07) is -0.748. The van der Waals surface area contributed by atoms with Gasteiger partial charge in [0.25, 0.3) is 5.91 Å². The second kappa shape index (κ2) is 12.6. The topological polar surface area (TPSA) is 141 Å². The van der Waals surface area contributed by atoms with Crippen molar-refractivity contribution in [3.63, 3.8) is 0 Å². The monoisotopic (exact) mass is 572 g/mol. The number of nitrogens with zero attached hydrogens (tertiary/aromatic N) is 1. The van der Waals surface area contributed by atoms with Gasteiger partial charge in [-0.05, 0) is 76.7 Å². The van der Waals surface area contributed by atoms with Gasteiger partial charge in [-0.3, -0.25) is 28.8 Å². The minimum atomic E-state index is -1.04. The molecule has 2 saturated carbocycles. The van der Waals surface area contributed by atoms with E-state index in [4.69, 9.17) is 10.5 Å². The number of likely N-dealkylation sites (tertiary alicyclic amines) is 1. The molecular weight excluding hydrogens is 524 g/mol. The van der Waals surface area contributed by atoms with E-state index >= 15 is 0 Å². The van der Waals surface area contributed by atoms with Crippen LogP contribution in [0.5, 0.6) is 0 Å². The highest BCUT2D eigenvalue weighted by molar-refractivity contribution is 6.36. The number of allylic oxidation sites excluding steroid dienone is 2. The molecule has 2 N–H and O–H groups in total. The maximum atomic E-state index is 14.0. The van der Waals surface area contributed by atoms with Crippen LogP contribution in [0.4, 0.5) is 0 Å². The van der Waals surface area contributed by atoms with Crippen molar-refractivity contribution in [3.8, 4) is 0 Å². The Hall–Kier alpha value is -2.84. The maximum Gasteiger partial charge on any atom is 0.307 e. The molecule has 2 aliphatic carbocycles. The second-order valence-corrected chi connectivity index (χ2v) is 14.2. The van der Waals surface area contributed by atoms with E-state index < -0.39 is 41.1 Å². The number of amides is 2. The Kier molecular flexibility index (Phi) is 10.0. The van der Waals surface area contributed by atoms with Crippen molar-refractivity contribution in [2.45, 2.75) is 111 Å². The van der Waals surface area contributed by atoms with E-state index in [1.165, 1.54) is 6.08 Å². The van der Waals surface area contributed by atoms with E-state index in [2.05, 4.69) is 13.8 Å². The van der Waals surface area contributed by atoms with Crippen molar-refractivity contribution in [3.05, 3.63) is 11.6 Å². The molecule has 0 spiro atoms. The molecule has 9 heteroatoms. The molecule has 0 aromatic rings. The Balaban J connectivity index is 1.83. The van der Waals surface area contributed by atoms with Crippen LogP contribution in [-0.2, 0) is 33.5 Å². The summed E-state index contributed by atoms with van der Waals surface area (Å²) >= 11 is 0. The van der Waals surface area contributed by atoms with E-state index in [1.54, 1.807) is 25.7 Å². The van der Waals surface area contributed by atoms with Crippen LogP contribution in [0.2, 0.25) is 0 Å². The number of rotatable bonds is 14. The van der Waals surface area contributed by atoms with Gasteiger partial charge in [0.2, 0.25) is 11.7 Å². The summed E-state index contributed by atoms with van der Waals surface area (Å²) in [5.74, 6) is -4.30. The Labute approximate surface area is 244 Å². The van der Waals surface area contributed by atoms with Crippen molar-refractivity contribution in [1.29, 1.82) is 0 Å². The molecular formula is C32H48N2O7. The molecule has 2 amide bonds. The fourth-order valence-corrected chi connectivity index (χ4v) is 6.70. The molecule has 0 aromatic heterocycles. The minimum absolute atomic E-state index is 0.0681. The number of ether oxygens (including phenoxy) is 1. The van der Waals surface area contributed by atoms with Gasteiger partial charge in [0, 0.05) is 31.2 Å². The van der Waals surface area contributed by atoms with Gasteiger partial charge in [0.15, 0.2) is 11.6 Å². The molecule has 1 unspecified atom stereocenters. The lowest BCUT2D eigenvalue weighted by molar-refractivity contribution is -0.159. The molecule has 9 nitrogen and oxygen atoms in total. The molecule has 1 saturated heterocycles. The van der Waals surface area contributed by atoms with Gasteiger partial charge < -0.3 is 15.4 Å². The molecule has 0 aromatic carbocycles. The van der Waals surface area contributed by atoms with Gasteiger partial charge in [-0.25, -0.2) is 0 Å². The molecule has 3 rings (SSSR count). The lowest BCUT2D eigenvalue weighted by Gasteiger charge is -2.34. The van der Waals surface area contributed by atoms with Crippen LogP contribution >= 0.6 is 0 Å². The Morgan fingerprint density at radius 3 is 2.17 bits per heavy atom. The first kappa shape index (κ1) is 32.7. The highest BCUT2D eigenvalue weighted by atomic mass is 16.6. The number of piperidine rings is 1. The number of nitrogens with two attached hydrogens (primary N) is 1. The zero-order valence-corrected chi connectivity index (χ0v) is 25.8. The fourth-order valence-electron chi connectivity index (χ4n) is 6.70. The molecule has 0 radical (unpaired) electrons. The SMILES string of the molecule is CC(C)=CC(=O)CC[C@H](CC(=O)OC(C)(C)C)C(=O)N1C[C@H]2[C@@H]([C@H]1C(=O)CC(CC1CCC1)C(=O)C(N)=O)C2(C)C. The van der Waals surface area contributed by atoms with Crippen molar-refractivity contribution in [2.75, 3.05) is 6.54 Å². The predicted molar refractivity (Wildman–Crippen MR) is 153 cm³/mol. The molecule has 1 heterocycles. The third-order valence-electron chi connectivity index (χ3n) is 9.10. The van der Waals surface area contributed by atoms with Crippen molar-refractivity contribution in [1.82, 2.24) is 4.90 Å².